The standard InChI is InChI=1S/C24H25N3O4/c1-14(2)20-12-22(28)26-21-11-16(4-9-19(20)21)25-24(30)15-10-23(29)27(13-15)17-5-7-18(31-3)8-6-17/h4-9,11-12,14-15,19H,10,13H2,1-3H3,(H,26,28). The van der Waals surface area contributed by atoms with Gasteiger partial charge in [0.15, 0.2) is 0 Å². The lowest BCUT2D eigenvalue weighted by molar-refractivity contribution is -0.123. The molecule has 1 saturated heterocycles. The first kappa shape index (κ1) is 20.8. The summed E-state index contributed by atoms with van der Waals surface area (Å²) >= 11 is 0. The monoisotopic (exact) mass is 419 g/mol. The second kappa shape index (κ2) is 8.34. The molecule has 0 aromatic heterocycles. The molecule has 160 valence electrons. The van der Waals surface area contributed by atoms with Gasteiger partial charge in [0.25, 0.3) is 5.91 Å². The van der Waals surface area contributed by atoms with Gasteiger partial charge in [0.1, 0.15) is 5.75 Å². The predicted molar refractivity (Wildman–Crippen MR) is 118 cm³/mol. The van der Waals surface area contributed by atoms with Gasteiger partial charge in [-0.1, -0.05) is 19.9 Å². The second-order valence-corrected chi connectivity index (χ2v) is 8.20. The van der Waals surface area contributed by atoms with Crippen molar-refractivity contribution in [1.82, 2.24) is 5.32 Å². The number of nitrogens with one attached hydrogen (secondary N) is 1. The van der Waals surface area contributed by atoms with E-state index in [4.69, 9.17) is 4.74 Å². The number of nitrogens with zero attached hydrogens (tertiary/aromatic N) is 2. The van der Waals surface area contributed by atoms with Crippen LogP contribution in [0.4, 0.5) is 5.69 Å². The van der Waals surface area contributed by atoms with Crippen LogP contribution in [0.3, 0.4) is 0 Å². The summed E-state index contributed by atoms with van der Waals surface area (Å²) in [6.07, 6.45) is 7.27. The van der Waals surface area contributed by atoms with Gasteiger partial charge < -0.3 is 15.0 Å². The fourth-order valence-electron chi connectivity index (χ4n) is 4.12. The third-order valence-corrected chi connectivity index (χ3v) is 5.79. The maximum absolute atomic E-state index is 12.8. The van der Waals surface area contributed by atoms with Gasteiger partial charge in [0, 0.05) is 36.3 Å². The number of benzene rings is 1. The van der Waals surface area contributed by atoms with Crippen LogP contribution in [0.15, 0.2) is 64.8 Å². The van der Waals surface area contributed by atoms with E-state index in [1.54, 1.807) is 54.5 Å². The van der Waals surface area contributed by atoms with Gasteiger partial charge in [-0.05, 0) is 47.9 Å². The first-order valence-electron chi connectivity index (χ1n) is 10.3. The topological polar surface area (TPSA) is 88.1 Å². The minimum Gasteiger partial charge on any atom is -0.497 e. The summed E-state index contributed by atoms with van der Waals surface area (Å²) in [5, 5.41) is 2.85. The van der Waals surface area contributed by atoms with Crippen LogP contribution >= 0.6 is 0 Å². The molecule has 31 heavy (non-hydrogen) atoms. The van der Waals surface area contributed by atoms with Crippen molar-refractivity contribution in [1.29, 1.82) is 0 Å². The molecule has 1 aromatic rings. The largest absolute Gasteiger partial charge is 0.497 e. The minimum atomic E-state index is -0.501. The molecule has 4 rings (SSSR count). The number of allylic oxidation sites excluding steroid dienone is 3. The van der Waals surface area contributed by atoms with Crippen LogP contribution in [0.2, 0.25) is 0 Å². The van der Waals surface area contributed by atoms with Gasteiger partial charge in [-0.3, -0.25) is 14.4 Å². The number of methoxy groups -OCH3 is 1. The van der Waals surface area contributed by atoms with Crippen molar-refractivity contribution in [2.24, 2.45) is 22.7 Å². The van der Waals surface area contributed by atoms with Crippen LogP contribution in [-0.4, -0.2) is 37.1 Å². The zero-order chi connectivity index (χ0) is 22.1. The number of anilines is 1. The molecule has 0 bridgehead atoms. The van der Waals surface area contributed by atoms with Crippen LogP contribution < -0.4 is 15.0 Å². The summed E-state index contributed by atoms with van der Waals surface area (Å²) in [7, 11) is 1.58. The molecule has 7 nitrogen and oxygen atoms in total. The summed E-state index contributed by atoms with van der Waals surface area (Å²) < 4.78 is 5.15. The fourth-order valence-corrected chi connectivity index (χ4v) is 4.12. The summed E-state index contributed by atoms with van der Waals surface area (Å²) in [5.41, 5.74) is 2.98. The maximum atomic E-state index is 12.8. The van der Waals surface area contributed by atoms with Crippen LogP contribution in [0.5, 0.6) is 5.75 Å². The normalized spacial score (nSPS) is 24.1. The average molecular weight is 419 g/mol. The van der Waals surface area contributed by atoms with Gasteiger partial charge in [-0.25, -0.2) is 4.99 Å². The Morgan fingerprint density at radius 2 is 1.94 bits per heavy atom. The summed E-state index contributed by atoms with van der Waals surface area (Å²) in [6.45, 7) is 4.39. The summed E-state index contributed by atoms with van der Waals surface area (Å²) in [4.78, 5) is 43.1. The number of ether oxygens (including phenoxy) is 1. The molecular weight excluding hydrogens is 394 g/mol. The Labute approximate surface area is 181 Å². The fraction of sp³-hybridized carbons (Fsp3) is 0.333. The van der Waals surface area contributed by atoms with E-state index in [1.807, 2.05) is 6.08 Å². The summed E-state index contributed by atoms with van der Waals surface area (Å²) in [6, 6.07) is 7.17. The molecule has 2 atom stereocenters. The SMILES string of the molecule is COc1ccc(N2CC(C(=O)N=C3C=CC4C(=C3)NC(=O)C=C4C(C)C)CC2=O)cc1. The highest BCUT2D eigenvalue weighted by Gasteiger charge is 2.35. The molecule has 0 radical (unpaired) electrons. The molecular formula is C24H25N3O4. The first-order valence-corrected chi connectivity index (χ1v) is 10.3. The minimum absolute atomic E-state index is 0.00891. The Hall–Kier alpha value is -3.48. The van der Waals surface area contributed by atoms with Gasteiger partial charge in [0.2, 0.25) is 11.8 Å². The van der Waals surface area contributed by atoms with Crippen molar-refractivity contribution in [3.05, 3.63) is 59.8 Å². The molecule has 2 heterocycles. The number of aliphatic imine (C=N–C) groups is 1. The van der Waals surface area contributed by atoms with Crippen molar-refractivity contribution in [2.75, 3.05) is 18.6 Å². The third-order valence-electron chi connectivity index (χ3n) is 5.79. The van der Waals surface area contributed by atoms with E-state index in [0.717, 1.165) is 17.0 Å². The summed E-state index contributed by atoms with van der Waals surface area (Å²) in [5.74, 6) is -0.172. The molecule has 2 aliphatic heterocycles. The van der Waals surface area contributed by atoms with E-state index >= 15 is 0 Å². The molecule has 3 amide bonds. The highest BCUT2D eigenvalue weighted by Crippen LogP contribution is 2.32. The quantitative estimate of drug-likeness (QED) is 0.813. The first-order chi connectivity index (χ1) is 14.9. The van der Waals surface area contributed by atoms with Crippen molar-refractivity contribution in [2.45, 2.75) is 20.3 Å². The molecule has 1 aliphatic carbocycles. The predicted octanol–water partition coefficient (Wildman–Crippen LogP) is 2.80. The highest BCUT2D eigenvalue weighted by atomic mass is 16.5. The van der Waals surface area contributed by atoms with E-state index in [0.29, 0.717) is 18.0 Å². The molecule has 3 aliphatic rings. The number of amides is 3. The number of hydrogen-bond donors (Lipinski definition) is 1. The van der Waals surface area contributed by atoms with E-state index < -0.39 is 5.92 Å². The van der Waals surface area contributed by atoms with Crippen molar-refractivity contribution in [3.63, 3.8) is 0 Å². The Bertz CT molecular complexity index is 1050. The van der Waals surface area contributed by atoms with Gasteiger partial charge >= 0.3 is 0 Å². The van der Waals surface area contributed by atoms with Crippen LogP contribution in [0, 0.1) is 17.8 Å². The maximum Gasteiger partial charge on any atom is 0.251 e. The number of carbonyl (C=O) groups excluding carboxylic acids is 3. The smallest absolute Gasteiger partial charge is 0.251 e. The zero-order valence-electron chi connectivity index (χ0n) is 17.8. The molecule has 0 saturated carbocycles. The van der Waals surface area contributed by atoms with Crippen LogP contribution in [0.1, 0.15) is 20.3 Å². The second-order valence-electron chi connectivity index (χ2n) is 8.20. The average Bonchev–Trinajstić information content (AvgIpc) is 3.14. The van der Waals surface area contributed by atoms with E-state index in [2.05, 4.69) is 24.2 Å². The third kappa shape index (κ3) is 4.21. The number of rotatable bonds is 4. The Morgan fingerprint density at radius 1 is 1.19 bits per heavy atom. The lowest BCUT2D eigenvalue weighted by atomic mass is 9.82. The lowest BCUT2D eigenvalue weighted by Gasteiger charge is -2.29. The van der Waals surface area contributed by atoms with Crippen molar-refractivity contribution >= 4 is 29.1 Å². The van der Waals surface area contributed by atoms with Crippen molar-refractivity contribution in [3.8, 4) is 5.75 Å². The van der Waals surface area contributed by atoms with E-state index in [1.165, 1.54) is 0 Å². The van der Waals surface area contributed by atoms with Gasteiger partial charge in [0.05, 0.1) is 18.7 Å². The molecule has 0 spiro atoms. The molecule has 7 heteroatoms. The number of hydrogen-bond acceptors (Lipinski definition) is 4. The molecule has 2 unspecified atom stereocenters. The van der Waals surface area contributed by atoms with E-state index in [9.17, 15) is 14.4 Å². The number of carbonyl (C=O) groups is 3. The molecule has 1 N–H and O–H groups in total. The molecule has 1 fully saturated rings. The van der Waals surface area contributed by atoms with Crippen molar-refractivity contribution < 1.29 is 19.1 Å². The Morgan fingerprint density at radius 3 is 2.61 bits per heavy atom. The molecule has 1 aromatic carbocycles. The Kier molecular flexibility index (Phi) is 5.59. The lowest BCUT2D eigenvalue weighted by Crippen LogP contribution is -2.34. The number of fused-ring (bicyclic) bond motifs is 1. The van der Waals surface area contributed by atoms with E-state index in [-0.39, 0.29) is 36.0 Å². The Balaban J connectivity index is 1.48. The van der Waals surface area contributed by atoms with Gasteiger partial charge in [-0.15, -0.1) is 0 Å². The van der Waals surface area contributed by atoms with Crippen LogP contribution in [0.25, 0.3) is 0 Å². The van der Waals surface area contributed by atoms with Crippen LogP contribution in [-0.2, 0) is 14.4 Å². The highest BCUT2D eigenvalue weighted by molar-refractivity contribution is 6.12. The zero-order valence-corrected chi connectivity index (χ0v) is 17.8. The van der Waals surface area contributed by atoms with Gasteiger partial charge in [-0.2, -0.15) is 0 Å².